The molecule has 1 aliphatic carbocycles. The zero-order valence-corrected chi connectivity index (χ0v) is 18.7. The smallest absolute Gasteiger partial charge is 0.264 e. The van der Waals surface area contributed by atoms with Crippen LogP contribution in [-0.2, 0) is 14.8 Å². The maximum atomic E-state index is 13.2. The van der Waals surface area contributed by atoms with E-state index in [2.05, 4.69) is 12.1 Å². The molecule has 4 rings (SSSR count). The Morgan fingerprint density at radius 3 is 2.33 bits per heavy atom. The van der Waals surface area contributed by atoms with Gasteiger partial charge >= 0.3 is 0 Å². The fourth-order valence-electron chi connectivity index (χ4n) is 5.01. The second-order valence-corrected chi connectivity index (χ2v) is 10.5. The van der Waals surface area contributed by atoms with Crippen molar-refractivity contribution in [1.82, 2.24) is 4.90 Å². The first-order chi connectivity index (χ1) is 14.3. The minimum Gasteiger partial charge on any atom is -0.342 e. The molecule has 1 amide bonds. The molecule has 1 aliphatic heterocycles. The van der Waals surface area contributed by atoms with Gasteiger partial charge in [0.1, 0.15) is 0 Å². The van der Waals surface area contributed by atoms with E-state index in [-0.39, 0.29) is 11.9 Å². The minimum atomic E-state index is -3.62. The van der Waals surface area contributed by atoms with Crippen LogP contribution in [0.2, 0.25) is 0 Å². The lowest BCUT2D eigenvalue weighted by atomic mass is 9.64. The molecule has 0 bridgehead atoms. The number of sulfonamides is 1. The molecular formula is C24H30N2O3S. The molecule has 0 N–H and O–H groups in total. The summed E-state index contributed by atoms with van der Waals surface area (Å²) in [6.45, 7) is 7.45. The molecule has 1 saturated heterocycles. The second kappa shape index (κ2) is 8.06. The van der Waals surface area contributed by atoms with Crippen LogP contribution in [0.25, 0.3) is 0 Å². The first-order valence-corrected chi connectivity index (χ1v) is 12.2. The van der Waals surface area contributed by atoms with Crippen molar-refractivity contribution in [3.8, 4) is 0 Å². The summed E-state index contributed by atoms with van der Waals surface area (Å²) in [7, 11) is -3.62. The highest BCUT2D eigenvalue weighted by molar-refractivity contribution is 7.92. The average Bonchev–Trinajstić information content (AvgIpc) is 3.05. The molecule has 1 heterocycles. The molecule has 1 saturated carbocycles. The number of likely N-dealkylation sites (tertiary alicyclic amines) is 1. The fourth-order valence-corrected chi connectivity index (χ4v) is 6.69. The molecule has 160 valence electrons. The Hall–Kier alpha value is -2.34. The van der Waals surface area contributed by atoms with E-state index in [1.54, 1.807) is 24.3 Å². The van der Waals surface area contributed by atoms with Crippen molar-refractivity contribution in [2.75, 3.05) is 17.4 Å². The minimum absolute atomic E-state index is 0.197. The Kier molecular flexibility index (Phi) is 5.62. The zero-order chi connectivity index (χ0) is 21.5. The van der Waals surface area contributed by atoms with Crippen molar-refractivity contribution in [3.05, 3.63) is 60.2 Å². The van der Waals surface area contributed by atoms with Gasteiger partial charge in [-0.15, -0.1) is 0 Å². The van der Waals surface area contributed by atoms with Crippen LogP contribution in [-0.4, -0.2) is 38.4 Å². The molecule has 2 aromatic carbocycles. The predicted molar refractivity (Wildman–Crippen MR) is 119 cm³/mol. The lowest BCUT2D eigenvalue weighted by Crippen LogP contribution is -2.37. The van der Waals surface area contributed by atoms with E-state index in [1.807, 2.05) is 43.9 Å². The third-order valence-electron chi connectivity index (χ3n) is 6.57. The number of rotatable bonds is 6. The number of carbonyl (C=O) groups excluding carboxylic acids is 1. The number of fused-ring (bicyclic) bond motifs is 1. The molecule has 2 fully saturated rings. The van der Waals surface area contributed by atoms with E-state index in [0.29, 0.717) is 34.8 Å². The van der Waals surface area contributed by atoms with E-state index in [4.69, 9.17) is 0 Å². The molecule has 30 heavy (non-hydrogen) atoms. The van der Waals surface area contributed by atoms with Gasteiger partial charge < -0.3 is 4.90 Å². The van der Waals surface area contributed by atoms with Crippen LogP contribution in [0, 0.1) is 11.8 Å². The number of hydrogen-bond acceptors (Lipinski definition) is 3. The van der Waals surface area contributed by atoms with Gasteiger partial charge in [-0.2, -0.15) is 0 Å². The summed E-state index contributed by atoms with van der Waals surface area (Å²) in [6, 6.07) is 16.4. The van der Waals surface area contributed by atoms with Gasteiger partial charge in [0, 0.05) is 25.6 Å². The monoisotopic (exact) mass is 426 g/mol. The van der Waals surface area contributed by atoms with Gasteiger partial charge in [0.25, 0.3) is 10.0 Å². The SMILES string of the molecule is CCC(=O)N1CC2CC(c3ccc(N(C(C)C)S(=O)(=O)c4ccccc4)cc3)C2C1. The highest BCUT2D eigenvalue weighted by Crippen LogP contribution is 2.51. The molecule has 3 atom stereocenters. The maximum absolute atomic E-state index is 13.2. The predicted octanol–water partition coefficient (Wildman–Crippen LogP) is 4.26. The highest BCUT2D eigenvalue weighted by Gasteiger charge is 2.48. The van der Waals surface area contributed by atoms with Crippen LogP contribution in [0.3, 0.4) is 0 Å². The average molecular weight is 427 g/mol. The summed E-state index contributed by atoms with van der Waals surface area (Å²) in [5.74, 6) is 1.84. The lowest BCUT2D eigenvalue weighted by Gasteiger charge is -2.40. The summed E-state index contributed by atoms with van der Waals surface area (Å²) >= 11 is 0. The maximum Gasteiger partial charge on any atom is 0.264 e. The number of anilines is 1. The Morgan fingerprint density at radius 2 is 1.73 bits per heavy atom. The van der Waals surface area contributed by atoms with Crippen LogP contribution in [0.15, 0.2) is 59.5 Å². The fraction of sp³-hybridized carbons (Fsp3) is 0.458. The molecule has 2 aromatic rings. The normalized spacial score (nSPS) is 23.2. The van der Waals surface area contributed by atoms with Gasteiger partial charge in [-0.1, -0.05) is 37.3 Å². The van der Waals surface area contributed by atoms with Gasteiger partial charge in [0.15, 0.2) is 0 Å². The Balaban J connectivity index is 1.54. The van der Waals surface area contributed by atoms with Crippen molar-refractivity contribution in [1.29, 1.82) is 0 Å². The van der Waals surface area contributed by atoms with Crippen molar-refractivity contribution in [3.63, 3.8) is 0 Å². The summed E-state index contributed by atoms with van der Waals surface area (Å²) in [5.41, 5.74) is 1.93. The molecular weight excluding hydrogens is 396 g/mol. The molecule has 2 aliphatic rings. The van der Waals surface area contributed by atoms with Gasteiger partial charge in [0.05, 0.1) is 10.6 Å². The van der Waals surface area contributed by atoms with Crippen molar-refractivity contribution in [2.24, 2.45) is 11.8 Å². The topological polar surface area (TPSA) is 57.7 Å². The number of hydrogen-bond donors (Lipinski definition) is 0. The van der Waals surface area contributed by atoms with Crippen LogP contribution >= 0.6 is 0 Å². The van der Waals surface area contributed by atoms with Gasteiger partial charge in [0.2, 0.25) is 5.91 Å². The summed E-state index contributed by atoms with van der Waals surface area (Å²) in [4.78, 5) is 14.3. The highest BCUT2D eigenvalue weighted by atomic mass is 32.2. The zero-order valence-electron chi connectivity index (χ0n) is 17.9. The van der Waals surface area contributed by atoms with Crippen molar-refractivity contribution >= 4 is 21.6 Å². The van der Waals surface area contributed by atoms with Gasteiger partial charge in [-0.05, 0) is 67.9 Å². The molecule has 0 radical (unpaired) electrons. The number of nitrogens with zero attached hydrogens (tertiary/aromatic N) is 2. The quantitative estimate of drug-likeness (QED) is 0.693. The van der Waals surface area contributed by atoms with Gasteiger partial charge in [-0.25, -0.2) is 8.42 Å². The first kappa shape index (κ1) is 20.9. The van der Waals surface area contributed by atoms with Crippen LogP contribution in [0.4, 0.5) is 5.69 Å². The van der Waals surface area contributed by atoms with Crippen LogP contribution in [0.5, 0.6) is 0 Å². The van der Waals surface area contributed by atoms with Crippen molar-refractivity contribution in [2.45, 2.75) is 50.5 Å². The van der Waals surface area contributed by atoms with E-state index in [0.717, 1.165) is 19.5 Å². The number of amides is 1. The molecule has 6 heteroatoms. The summed E-state index contributed by atoms with van der Waals surface area (Å²) < 4.78 is 27.9. The first-order valence-electron chi connectivity index (χ1n) is 10.8. The number of benzene rings is 2. The summed E-state index contributed by atoms with van der Waals surface area (Å²) in [5, 5.41) is 0. The van der Waals surface area contributed by atoms with E-state index in [9.17, 15) is 13.2 Å². The standard InChI is InChI=1S/C24H30N2O3S/c1-4-24(27)25-15-19-14-22(23(19)16-25)18-10-12-20(13-11-18)26(17(2)3)30(28,29)21-8-6-5-7-9-21/h5-13,17,19,22-23H,4,14-16H2,1-3H3. The number of carbonyl (C=O) groups is 1. The van der Waals surface area contributed by atoms with E-state index >= 15 is 0 Å². The van der Waals surface area contributed by atoms with E-state index in [1.165, 1.54) is 9.87 Å². The Bertz CT molecular complexity index is 1000. The van der Waals surface area contributed by atoms with Crippen LogP contribution in [0.1, 0.15) is 45.1 Å². The molecule has 5 nitrogen and oxygen atoms in total. The van der Waals surface area contributed by atoms with Crippen LogP contribution < -0.4 is 4.31 Å². The van der Waals surface area contributed by atoms with Crippen molar-refractivity contribution < 1.29 is 13.2 Å². The largest absolute Gasteiger partial charge is 0.342 e. The second-order valence-electron chi connectivity index (χ2n) is 8.72. The third-order valence-corrected chi connectivity index (χ3v) is 8.58. The Labute approximate surface area is 179 Å². The lowest BCUT2D eigenvalue weighted by molar-refractivity contribution is -0.129. The molecule has 0 aromatic heterocycles. The summed E-state index contributed by atoms with van der Waals surface area (Å²) in [6.07, 6.45) is 1.67. The third kappa shape index (κ3) is 3.62. The Morgan fingerprint density at radius 1 is 1.07 bits per heavy atom. The molecule has 0 spiro atoms. The molecule has 3 unspecified atom stereocenters. The van der Waals surface area contributed by atoms with E-state index < -0.39 is 10.0 Å². The van der Waals surface area contributed by atoms with Gasteiger partial charge in [-0.3, -0.25) is 9.10 Å².